The molecule has 168 valence electrons. The first kappa shape index (κ1) is 30.1. The zero-order valence-electron chi connectivity index (χ0n) is 19.9. The van der Waals surface area contributed by atoms with E-state index in [1.165, 1.54) is 96.3 Å². The number of unbranched alkanes of at least 4 members (excludes halogenated alkanes) is 15. The molecule has 0 saturated carbocycles. The van der Waals surface area contributed by atoms with Crippen molar-refractivity contribution in [3.8, 4) is 5.75 Å². The van der Waals surface area contributed by atoms with E-state index in [9.17, 15) is 8.76 Å². The number of hydrogen-bond donors (Lipinski definition) is 0. The van der Waals surface area contributed by atoms with Crippen molar-refractivity contribution in [1.82, 2.24) is 0 Å². The summed E-state index contributed by atoms with van der Waals surface area (Å²) in [6.07, 6.45) is 21.8. The molecule has 1 aromatic carbocycles. The minimum absolute atomic E-state index is 0. The predicted octanol–water partition coefficient (Wildman–Crippen LogP) is 4.88. The van der Waals surface area contributed by atoms with Gasteiger partial charge in [-0.25, -0.2) is 0 Å². The van der Waals surface area contributed by atoms with Crippen LogP contribution in [0.25, 0.3) is 0 Å². The van der Waals surface area contributed by atoms with E-state index in [0.29, 0.717) is 11.5 Å². The van der Waals surface area contributed by atoms with Crippen molar-refractivity contribution in [3.63, 3.8) is 0 Å². The Morgan fingerprint density at radius 3 is 1.60 bits per heavy atom. The maximum atomic E-state index is 10.9. The van der Waals surface area contributed by atoms with Gasteiger partial charge in [-0.1, -0.05) is 103 Å². The number of hydrogen-bond acceptors (Lipinski definition) is 3. The third-order valence-electron chi connectivity index (χ3n) is 5.59. The molecule has 1 atom stereocenters. The average Bonchev–Trinajstić information content (AvgIpc) is 2.71. The van der Waals surface area contributed by atoms with Gasteiger partial charge in [0.15, 0.2) is 0 Å². The molecule has 0 fully saturated rings. The van der Waals surface area contributed by atoms with E-state index < -0.39 is 11.1 Å². The average molecular weight is 447 g/mol. The van der Waals surface area contributed by atoms with Crippen molar-refractivity contribution in [1.29, 1.82) is 0 Å². The second-order valence-electron chi connectivity index (χ2n) is 8.31. The van der Waals surface area contributed by atoms with Crippen LogP contribution in [-0.4, -0.2) is 15.4 Å². The fraction of sp³-hybridized carbons (Fsp3) is 0.760. The molecule has 1 unspecified atom stereocenters. The van der Waals surface area contributed by atoms with Gasteiger partial charge in [0, 0.05) is 4.90 Å². The summed E-state index contributed by atoms with van der Waals surface area (Å²) in [7, 11) is 0. The SMILES string of the molecule is CCCCCCCCCCCCCCCCCCOc1ccc(S(=O)[O-])cc1C.[Na+]. The van der Waals surface area contributed by atoms with Crippen LogP contribution >= 0.6 is 0 Å². The Bertz CT molecular complexity index is 551. The Morgan fingerprint density at radius 1 is 0.767 bits per heavy atom. The van der Waals surface area contributed by atoms with Crippen LogP contribution in [0.2, 0.25) is 0 Å². The van der Waals surface area contributed by atoms with Gasteiger partial charge in [-0.05, 0) is 48.2 Å². The van der Waals surface area contributed by atoms with Crippen molar-refractivity contribution in [3.05, 3.63) is 23.8 Å². The Labute approximate surface area is 210 Å². The topological polar surface area (TPSA) is 49.4 Å². The van der Waals surface area contributed by atoms with E-state index in [1.54, 1.807) is 18.2 Å². The Hall–Kier alpha value is 0.130. The standard InChI is InChI=1S/C25H44O3S.Na/c1-3-4-5-6-7-8-9-10-11-12-13-14-15-16-17-18-21-28-25-20-19-24(29(26)27)22-23(25)2;/h19-20,22H,3-18,21H2,1-2H3,(H,26,27);/q;+1/p-1. The van der Waals surface area contributed by atoms with Gasteiger partial charge >= 0.3 is 29.6 Å². The minimum atomic E-state index is -2.17. The smallest absolute Gasteiger partial charge is 0.768 e. The molecular formula is C25H43NaO3S. The second kappa shape index (κ2) is 21.0. The Kier molecular flexibility index (Phi) is 21.1. The summed E-state index contributed by atoms with van der Waals surface area (Å²) in [6, 6.07) is 5.01. The van der Waals surface area contributed by atoms with E-state index >= 15 is 0 Å². The van der Waals surface area contributed by atoms with Crippen molar-refractivity contribution in [2.24, 2.45) is 0 Å². The van der Waals surface area contributed by atoms with Gasteiger partial charge in [0.1, 0.15) is 5.75 Å². The molecule has 0 aliphatic rings. The van der Waals surface area contributed by atoms with Gasteiger partial charge < -0.3 is 9.29 Å². The summed E-state index contributed by atoms with van der Waals surface area (Å²) in [5.41, 5.74) is 0.878. The first-order chi connectivity index (χ1) is 14.1. The number of benzene rings is 1. The van der Waals surface area contributed by atoms with Crippen molar-refractivity contribution in [2.45, 2.75) is 121 Å². The van der Waals surface area contributed by atoms with Crippen molar-refractivity contribution >= 4 is 11.1 Å². The molecule has 1 rings (SSSR count). The third-order valence-corrected chi connectivity index (χ3v) is 6.23. The number of aryl methyl sites for hydroxylation is 1. The predicted molar refractivity (Wildman–Crippen MR) is 123 cm³/mol. The zero-order valence-corrected chi connectivity index (χ0v) is 22.7. The summed E-state index contributed by atoms with van der Waals surface area (Å²) in [5.74, 6) is 0.792. The fourth-order valence-electron chi connectivity index (χ4n) is 3.72. The maximum absolute atomic E-state index is 10.9. The van der Waals surface area contributed by atoms with E-state index in [2.05, 4.69) is 6.92 Å². The molecule has 1 aromatic rings. The van der Waals surface area contributed by atoms with Crippen LogP contribution in [0.5, 0.6) is 5.75 Å². The summed E-state index contributed by atoms with van der Waals surface area (Å²) >= 11 is -2.17. The molecular weight excluding hydrogens is 403 g/mol. The minimum Gasteiger partial charge on any atom is -0.768 e. The normalized spacial score (nSPS) is 11.8. The van der Waals surface area contributed by atoms with Crippen LogP contribution in [0, 0.1) is 6.92 Å². The molecule has 30 heavy (non-hydrogen) atoms. The summed E-state index contributed by atoms with van der Waals surface area (Å²) in [5, 5.41) is 0. The summed E-state index contributed by atoms with van der Waals surface area (Å²) < 4.78 is 27.7. The van der Waals surface area contributed by atoms with Crippen LogP contribution in [0.1, 0.15) is 115 Å². The molecule has 0 heterocycles. The zero-order chi connectivity index (χ0) is 21.2. The third kappa shape index (κ3) is 15.9. The Morgan fingerprint density at radius 2 is 1.20 bits per heavy atom. The molecule has 0 spiro atoms. The molecule has 0 N–H and O–H groups in total. The molecule has 0 aromatic heterocycles. The second-order valence-corrected chi connectivity index (χ2v) is 9.25. The van der Waals surface area contributed by atoms with Crippen LogP contribution in [-0.2, 0) is 11.1 Å². The number of rotatable bonds is 19. The van der Waals surface area contributed by atoms with Gasteiger partial charge in [0.05, 0.1) is 6.61 Å². The van der Waals surface area contributed by atoms with Gasteiger partial charge in [-0.3, -0.25) is 4.21 Å². The monoisotopic (exact) mass is 446 g/mol. The Balaban J connectivity index is 0.00000841. The molecule has 0 bridgehead atoms. The van der Waals surface area contributed by atoms with Gasteiger partial charge in [0.2, 0.25) is 0 Å². The fourth-order valence-corrected chi connectivity index (χ4v) is 4.17. The van der Waals surface area contributed by atoms with Gasteiger partial charge in [-0.15, -0.1) is 0 Å². The van der Waals surface area contributed by atoms with Gasteiger partial charge in [0.25, 0.3) is 0 Å². The van der Waals surface area contributed by atoms with Gasteiger partial charge in [-0.2, -0.15) is 0 Å². The molecule has 0 saturated heterocycles. The van der Waals surface area contributed by atoms with Crippen molar-refractivity contribution in [2.75, 3.05) is 6.61 Å². The largest absolute Gasteiger partial charge is 1.00 e. The molecule has 5 heteroatoms. The molecule has 0 amide bonds. The molecule has 0 aliphatic carbocycles. The first-order valence-electron chi connectivity index (χ1n) is 12.0. The van der Waals surface area contributed by atoms with E-state index in [-0.39, 0.29) is 29.6 Å². The molecule has 0 aliphatic heterocycles. The quantitative estimate of drug-likeness (QED) is 0.173. The maximum Gasteiger partial charge on any atom is 1.00 e. The van der Waals surface area contributed by atoms with Crippen molar-refractivity contribution < 1.29 is 43.1 Å². The van der Waals surface area contributed by atoms with E-state index in [0.717, 1.165) is 17.7 Å². The molecule has 3 nitrogen and oxygen atoms in total. The summed E-state index contributed by atoms with van der Waals surface area (Å²) in [4.78, 5) is 0.317. The van der Waals surface area contributed by atoms with E-state index in [4.69, 9.17) is 4.74 Å². The number of ether oxygens (including phenoxy) is 1. The first-order valence-corrected chi connectivity index (χ1v) is 13.1. The van der Waals surface area contributed by atoms with Crippen LogP contribution in [0.4, 0.5) is 0 Å². The van der Waals surface area contributed by atoms with E-state index in [1.807, 2.05) is 6.92 Å². The molecule has 0 radical (unpaired) electrons. The van der Waals surface area contributed by atoms with Crippen LogP contribution < -0.4 is 34.3 Å². The van der Waals surface area contributed by atoms with Crippen LogP contribution in [0.15, 0.2) is 23.1 Å². The van der Waals surface area contributed by atoms with Crippen LogP contribution in [0.3, 0.4) is 0 Å². The summed E-state index contributed by atoms with van der Waals surface area (Å²) in [6.45, 7) is 4.87.